The molecule has 0 saturated carbocycles. The minimum absolute atomic E-state index is 0.587. The first-order valence-electron chi connectivity index (χ1n) is 12.4. The van der Waals surface area contributed by atoms with E-state index < -0.39 is 8.07 Å². The van der Waals surface area contributed by atoms with Gasteiger partial charge in [-0.3, -0.25) is 0 Å². The zero-order valence-corrected chi connectivity index (χ0v) is 22.8. The van der Waals surface area contributed by atoms with Crippen LogP contribution in [0.15, 0.2) is 59.0 Å². The van der Waals surface area contributed by atoms with Crippen molar-refractivity contribution in [3.05, 3.63) is 71.3 Å². The van der Waals surface area contributed by atoms with Gasteiger partial charge in [-0.2, -0.15) is 4.57 Å². The Kier molecular flexibility index (Phi) is 5.44. The molecule has 2 heterocycles. The van der Waals surface area contributed by atoms with Crippen LogP contribution in [0.2, 0.25) is 19.6 Å². The van der Waals surface area contributed by atoms with Crippen molar-refractivity contribution in [1.82, 2.24) is 0 Å². The second-order valence-electron chi connectivity index (χ2n) is 11.4. The number of rotatable bonds is 4. The van der Waals surface area contributed by atoms with Crippen molar-refractivity contribution >= 4 is 46.1 Å². The number of aromatic nitrogens is 1. The Hall–Kier alpha value is -2.91. The second kappa shape index (κ2) is 8.09. The standard InChI is InChI=1S/C31H36NOSi/c1-19(2)15-22-17-28(32(5)27-14-13-23(18-25(22)27)34(6,7)8)30-21(4)20(3)16-26-24-11-9-10-12-29(24)33-31(26)30/h9-14,16-19H,15H2,1-8H3/q+1. The lowest BCUT2D eigenvalue weighted by Gasteiger charge is -2.19. The highest BCUT2D eigenvalue weighted by Gasteiger charge is 2.26. The zero-order chi connectivity index (χ0) is 24.4. The minimum atomic E-state index is -1.40. The molecule has 5 rings (SSSR count). The Morgan fingerprint density at radius 3 is 2.32 bits per heavy atom. The highest BCUT2D eigenvalue weighted by atomic mass is 28.3. The number of hydrogen-bond donors (Lipinski definition) is 0. The third-order valence-electron chi connectivity index (χ3n) is 7.31. The Bertz CT molecular complexity index is 1570. The molecule has 0 aliphatic rings. The average molecular weight is 467 g/mol. The molecule has 2 nitrogen and oxygen atoms in total. The summed E-state index contributed by atoms with van der Waals surface area (Å²) in [5, 5.41) is 5.30. The molecule has 3 heteroatoms. The third kappa shape index (κ3) is 3.67. The van der Waals surface area contributed by atoms with E-state index in [1.807, 2.05) is 0 Å². The first-order chi connectivity index (χ1) is 16.1. The van der Waals surface area contributed by atoms with E-state index in [4.69, 9.17) is 4.42 Å². The van der Waals surface area contributed by atoms with Crippen LogP contribution in [0.25, 0.3) is 44.1 Å². The molecule has 2 aromatic heterocycles. The molecule has 34 heavy (non-hydrogen) atoms. The fourth-order valence-electron chi connectivity index (χ4n) is 5.27. The first-order valence-corrected chi connectivity index (χ1v) is 15.9. The maximum absolute atomic E-state index is 6.52. The van der Waals surface area contributed by atoms with E-state index in [2.05, 4.69) is 114 Å². The highest BCUT2D eigenvalue weighted by Crippen LogP contribution is 2.39. The topological polar surface area (TPSA) is 17.0 Å². The SMILES string of the molecule is Cc1cc2c(oc3ccccc32)c(-c2cc(CC(C)C)c3cc([Si](C)(C)C)ccc3[n+]2C)c1C. The normalized spacial score (nSPS) is 12.5. The van der Waals surface area contributed by atoms with Crippen molar-refractivity contribution in [3.63, 3.8) is 0 Å². The van der Waals surface area contributed by atoms with Gasteiger partial charge in [-0.15, -0.1) is 0 Å². The summed E-state index contributed by atoms with van der Waals surface area (Å²) in [6.07, 6.45) is 1.06. The van der Waals surface area contributed by atoms with Crippen LogP contribution in [0.3, 0.4) is 0 Å². The van der Waals surface area contributed by atoms with Gasteiger partial charge in [0.1, 0.15) is 18.2 Å². The van der Waals surface area contributed by atoms with Crippen molar-refractivity contribution in [1.29, 1.82) is 0 Å². The summed E-state index contributed by atoms with van der Waals surface area (Å²) in [7, 11) is 0.805. The molecule has 0 saturated heterocycles. The van der Waals surface area contributed by atoms with Crippen LogP contribution < -0.4 is 9.75 Å². The second-order valence-corrected chi connectivity index (χ2v) is 16.4. The summed E-state index contributed by atoms with van der Waals surface area (Å²) < 4.78 is 8.89. The predicted octanol–water partition coefficient (Wildman–Crippen LogP) is 7.59. The fraction of sp³-hybridized carbons (Fsp3) is 0.323. The molecule has 0 fully saturated rings. The monoisotopic (exact) mass is 466 g/mol. The maximum Gasteiger partial charge on any atom is 0.217 e. The van der Waals surface area contributed by atoms with Gasteiger partial charge in [0.2, 0.25) is 11.2 Å². The first kappa shape index (κ1) is 22.9. The Morgan fingerprint density at radius 1 is 0.882 bits per heavy atom. The molecule has 0 radical (unpaired) electrons. The predicted molar refractivity (Wildman–Crippen MR) is 149 cm³/mol. The van der Waals surface area contributed by atoms with Crippen LogP contribution in [0.5, 0.6) is 0 Å². The Balaban J connectivity index is 1.89. The lowest BCUT2D eigenvalue weighted by atomic mass is 9.92. The molecular formula is C31H36NOSi+. The molecule has 0 atom stereocenters. The number of fused-ring (bicyclic) bond motifs is 4. The summed E-state index contributed by atoms with van der Waals surface area (Å²) in [4.78, 5) is 0. The smallest absolute Gasteiger partial charge is 0.217 e. The van der Waals surface area contributed by atoms with Crippen molar-refractivity contribution in [2.75, 3.05) is 0 Å². The molecular weight excluding hydrogens is 430 g/mol. The summed E-state index contributed by atoms with van der Waals surface area (Å²) in [6.45, 7) is 16.4. The van der Waals surface area contributed by atoms with Gasteiger partial charge >= 0.3 is 0 Å². The molecule has 0 bridgehead atoms. The van der Waals surface area contributed by atoms with E-state index in [1.165, 1.54) is 54.8 Å². The lowest BCUT2D eigenvalue weighted by Crippen LogP contribution is -2.39. The van der Waals surface area contributed by atoms with Crippen molar-refractivity contribution in [3.8, 4) is 11.3 Å². The van der Waals surface area contributed by atoms with E-state index >= 15 is 0 Å². The van der Waals surface area contributed by atoms with Gasteiger partial charge in [0.05, 0.1) is 13.6 Å². The van der Waals surface area contributed by atoms with Gasteiger partial charge in [-0.05, 0) is 61.1 Å². The van der Waals surface area contributed by atoms with Crippen LogP contribution in [0, 0.1) is 19.8 Å². The molecule has 0 N–H and O–H groups in total. The number of aryl methyl sites for hydroxylation is 2. The summed E-state index contributed by atoms with van der Waals surface area (Å²) in [5.74, 6) is 0.587. The number of benzene rings is 3. The van der Waals surface area contributed by atoms with Crippen LogP contribution in [0.1, 0.15) is 30.5 Å². The van der Waals surface area contributed by atoms with E-state index in [0.29, 0.717) is 5.92 Å². The summed E-state index contributed by atoms with van der Waals surface area (Å²) in [5.41, 5.74) is 9.71. The quantitative estimate of drug-likeness (QED) is 0.197. The van der Waals surface area contributed by atoms with E-state index in [1.54, 1.807) is 0 Å². The number of nitrogens with zero attached hydrogens (tertiary/aromatic N) is 1. The summed E-state index contributed by atoms with van der Waals surface area (Å²) in [6, 6.07) is 20.3. The molecule has 174 valence electrons. The number of hydrogen-bond acceptors (Lipinski definition) is 1. The summed E-state index contributed by atoms with van der Waals surface area (Å²) >= 11 is 0. The lowest BCUT2D eigenvalue weighted by molar-refractivity contribution is -0.633. The van der Waals surface area contributed by atoms with Crippen molar-refractivity contribution < 1.29 is 8.98 Å². The molecule has 0 spiro atoms. The van der Waals surface area contributed by atoms with Gasteiger partial charge in [-0.25, -0.2) is 0 Å². The van der Waals surface area contributed by atoms with Gasteiger partial charge in [0.15, 0.2) is 0 Å². The van der Waals surface area contributed by atoms with Crippen LogP contribution in [-0.4, -0.2) is 8.07 Å². The van der Waals surface area contributed by atoms with Crippen LogP contribution in [0.4, 0.5) is 0 Å². The molecule has 0 unspecified atom stereocenters. The van der Waals surface area contributed by atoms with Gasteiger partial charge in [0, 0.05) is 28.3 Å². The highest BCUT2D eigenvalue weighted by molar-refractivity contribution is 6.88. The van der Waals surface area contributed by atoms with Crippen molar-refractivity contribution in [2.24, 2.45) is 13.0 Å². The molecule has 0 amide bonds. The molecule has 0 aliphatic carbocycles. The molecule has 5 aromatic rings. The van der Waals surface area contributed by atoms with E-state index in [-0.39, 0.29) is 0 Å². The number of pyridine rings is 1. The number of para-hydroxylation sites is 1. The van der Waals surface area contributed by atoms with E-state index in [0.717, 1.165) is 17.6 Å². The van der Waals surface area contributed by atoms with Gasteiger partial charge < -0.3 is 4.42 Å². The zero-order valence-electron chi connectivity index (χ0n) is 21.8. The van der Waals surface area contributed by atoms with E-state index in [9.17, 15) is 0 Å². The molecule has 0 aliphatic heterocycles. The minimum Gasteiger partial charge on any atom is -0.455 e. The van der Waals surface area contributed by atoms with Crippen LogP contribution in [-0.2, 0) is 13.5 Å². The Morgan fingerprint density at radius 2 is 1.62 bits per heavy atom. The van der Waals surface area contributed by atoms with Crippen molar-refractivity contribution in [2.45, 2.75) is 53.8 Å². The van der Waals surface area contributed by atoms with Gasteiger partial charge in [0.25, 0.3) is 0 Å². The maximum atomic E-state index is 6.52. The number of furan rings is 1. The largest absolute Gasteiger partial charge is 0.455 e. The van der Waals surface area contributed by atoms with Crippen LogP contribution >= 0.6 is 0 Å². The van der Waals surface area contributed by atoms with Gasteiger partial charge in [-0.1, -0.05) is 62.9 Å². The fourth-order valence-corrected chi connectivity index (χ4v) is 6.43. The Labute approximate surface area is 204 Å². The third-order valence-corrected chi connectivity index (χ3v) is 9.36. The average Bonchev–Trinajstić information content (AvgIpc) is 3.13. The molecule has 3 aromatic carbocycles.